The van der Waals surface area contributed by atoms with E-state index in [-0.39, 0.29) is 18.2 Å². The van der Waals surface area contributed by atoms with E-state index >= 15 is 0 Å². The standard InChI is InChI=1S/C10H4Cl2F6O/c11-8(12)7(19)5-3-4(9(13,14)15)1-2-6(5)10(16,17)18/h1-3,8H. The monoisotopic (exact) mass is 324 g/mol. The first-order valence-corrected chi connectivity index (χ1v) is 5.42. The van der Waals surface area contributed by atoms with Crippen molar-refractivity contribution in [3.05, 3.63) is 34.9 Å². The van der Waals surface area contributed by atoms with Gasteiger partial charge in [-0.05, 0) is 18.2 Å². The summed E-state index contributed by atoms with van der Waals surface area (Å²) in [6.45, 7) is 0. The first-order valence-electron chi connectivity index (χ1n) is 4.55. The van der Waals surface area contributed by atoms with Crippen molar-refractivity contribution in [1.82, 2.24) is 0 Å². The molecule has 0 spiro atoms. The Morgan fingerprint density at radius 2 is 1.53 bits per heavy atom. The zero-order chi connectivity index (χ0) is 15.0. The number of rotatable bonds is 2. The summed E-state index contributed by atoms with van der Waals surface area (Å²) >= 11 is 10.2. The number of carbonyl (C=O) groups excluding carboxylic acids is 1. The van der Waals surface area contributed by atoms with Crippen LogP contribution in [0.5, 0.6) is 0 Å². The quantitative estimate of drug-likeness (QED) is 0.437. The highest BCUT2D eigenvalue weighted by Crippen LogP contribution is 2.37. The number of halogens is 8. The summed E-state index contributed by atoms with van der Waals surface area (Å²) in [6.07, 6.45) is -9.87. The van der Waals surface area contributed by atoms with Gasteiger partial charge in [-0.3, -0.25) is 4.79 Å². The third-order valence-corrected chi connectivity index (χ3v) is 2.51. The van der Waals surface area contributed by atoms with E-state index in [0.29, 0.717) is 0 Å². The van der Waals surface area contributed by atoms with Crippen molar-refractivity contribution in [3.8, 4) is 0 Å². The Morgan fingerprint density at radius 1 is 1.00 bits per heavy atom. The number of benzene rings is 1. The van der Waals surface area contributed by atoms with E-state index in [1.165, 1.54) is 0 Å². The lowest BCUT2D eigenvalue weighted by Gasteiger charge is -2.15. The molecule has 1 nitrogen and oxygen atoms in total. The highest BCUT2D eigenvalue weighted by Gasteiger charge is 2.39. The van der Waals surface area contributed by atoms with Gasteiger partial charge < -0.3 is 0 Å². The lowest BCUT2D eigenvalue weighted by molar-refractivity contribution is -0.141. The lowest BCUT2D eigenvalue weighted by Crippen LogP contribution is -2.19. The fraction of sp³-hybridized carbons (Fsp3) is 0.300. The SMILES string of the molecule is O=C(c1cc(C(F)(F)F)ccc1C(F)(F)F)C(Cl)Cl. The van der Waals surface area contributed by atoms with Crippen LogP contribution in [0.3, 0.4) is 0 Å². The number of ketones is 1. The van der Waals surface area contributed by atoms with Gasteiger partial charge in [-0.2, -0.15) is 26.3 Å². The van der Waals surface area contributed by atoms with Crippen molar-refractivity contribution in [2.75, 3.05) is 0 Å². The highest BCUT2D eigenvalue weighted by atomic mass is 35.5. The number of hydrogen-bond donors (Lipinski definition) is 0. The molecule has 0 radical (unpaired) electrons. The first-order chi connectivity index (χ1) is 8.44. The first kappa shape index (κ1) is 16.1. The van der Waals surface area contributed by atoms with Crippen LogP contribution in [0.25, 0.3) is 0 Å². The minimum atomic E-state index is -4.99. The zero-order valence-electron chi connectivity index (χ0n) is 8.74. The van der Waals surface area contributed by atoms with E-state index < -0.39 is 39.7 Å². The van der Waals surface area contributed by atoms with E-state index in [9.17, 15) is 31.1 Å². The van der Waals surface area contributed by atoms with Crippen molar-refractivity contribution < 1.29 is 31.1 Å². The molecule has 0 aliphatic heterocycles. The van der Waals surface area contributed by atoms with Crippen LogP contribution >= 0.6 is 23.2 Å². The Morgan fingerprint density at radius 3 is 1.89 bits per heavy atom. The molecule has 1 rings (SSSR count). The van der Waals surface area contributed by atoms with Gasteiger partial charge >= 0.3 is 12.4 Å². The van der Waals surface area contributed by atoms with E-state index in [1.54, 1.807) is 0 Å². The van der Waals surface area contributed by atoms with Crippen molar-refractivity contribution in [3.63, 3.8) is 0 Å². The van der Waals surface area contributed by atoms with Gasteiger partial charge in [-0.25, -0.2) is 0 Å². The zero-order valence-corrected chi connectivity index (χ0v) is 10.3. The Labute approximate surface area is 113 Å². The average Bonchev–Trinajstić information content (AvgIpc) is 2.24. The van der Waals surface area contributed by atoms with Gasteiger partial charge in [-0.15, -0.1) is 0 Å². The van der Waals surface area contributed by atoms with Gasteiger partial charge in [0.2, 0.25) is 0 Å². The van der Waals surface area contributed by atoms with Gasteiger partial charge in [-0.1, -0.05) is 23.2 Å². The van der Waals surface area contributed by atoms with Gasteiger partial charge in [0.15, 0.2) is 10.6 Å². The smallest absolute Gasteiger partial charge is 0.291 e. The second-order valence-corrected chi connectivity index (χ2v) is 4.52. The van der Waals surface area contributed by atoms with Crippen LogP contribution in [-0.2, 0) is 12.4 Å². The maximum Gasteiger partial charge on any atom is 0.417 e. The molecule has 0 heterocycles. The molecule has 0 atom stereocenters. The van der Waals surface area contributed by atoms with Gasteiger partial charge in [0, 0.05) is 5.56 Å². The van der Waals surface area contributed by atoms with Crippen LogP contribution in [-0.4, -0.2) is 10.6 Å². The molecular formula is C10H4Cl2F6O. The third kappa shape index (κ3) is 3.76. The molecular weight excluding hydrogens is 321 g/mol. The summed E-state index contributed by atoms with van der Waals surface area (Å²) < 4.78 is 74.9. The summed E-state index contributed by atoms with van der Waals surface area (Å²) in [6, 6.07) is 0.492. The Bertz CT molecular complexity index is 492. The molecule has 0 saturated heterocycles. The Hall–Kier alpha value is -0.950. The van der Waals surface area contributed by atoms with Crippen molar-refractivity contribution in [2.24, 2.45) is 0 Å². The van der Waals surface area contributed by atoms with E-state index in [2.05, 4.69) is 0 Å². The summed E-state index contributed by atoms with van der Waals surface area (Å²) in [7, 11) is 0. The molecule has 0 aliphatic carbocycles. The molecule has 0 aliphatic rings. The van der Waals surface area contributed by atoms with E-state index in [0.717, 1.165) is 0 Å². The highest BCUT2D eigenvalue weighted by molar-refractivity contribution is 6.55. The molecule has 0 bridgehead atoms. The molecule has 1 aromatic carbocycles. The van der Waals surface area contributed by atoms with Gasteiger partial charge in [0.25, 0.3) is 0 Å². The van der Waals surface area contributed by atoms with E-state index in [1.807, 2.05) is 0 Å². The number of hydrogen-bond acceptors (Lipinski definition) is 1. The molecule has 19 heavy (non-hydrogen) atoms. The van der Waals surface area contributed by atoms with Gasteiger partial charge in [0.1, 0.15) is 0 Å². The molecule has 1 aromatic rings. The van der Waals surface area contributed by atoms with Crippen molar-refractivity contribution in [1.29, 1.82) is 0 Å². The van der Waals surface area contributed by atoms with Gasteiger partial charge in [0.05, 0.1) is 11.1 Å². The minimum absolute atomic E-state index is 0.0862. The maximum atomic E-state index is 12.6. The second kappa shape index (κ2) is 5.20. The van der Waals surface area contributed by atoms with Crippen LogP contribution in [0.4, 0.5) is 26.3 Å². The average molecular weight is 325 g/mol. The number of alkyl halides is 8. The third-order valence-electron chi connectivity index (χ3n) is 2.12. The predicted molar refractivity (Wildman–Crippen MR) is 56.3 cm³/mol. The van der Waals surface area contributed by atoms with Crippen LogP contribution in [0.2, 0.25) is 0 Å². The van der Waals surface area contributed by atoms with E-state index in [4.69, 9.17) is 23.2 Å². The molecule has 0 amide bonds. The minimum Gasteiger partial charge on any atom is -0.291 e. The van der Waals surface area contributed by atoms with Crippen molar-refractivity contribution >= 4 is 29.0 Å². The summed E-state index contributed by atoms with van der Waals surface area (Å²) in [5, 5.41) is 0. The lowest BCUT2D eigenvalue weighted by atomic mass is 10.0. The molecule has 0 aromatic heterocycles. The molecule has 0 N–H and O–H groups in total. The number of carbonyl (C=O) groups is 1. The fourth-order valence-corrected chi connectivity index (χ4v) is 1.52. The Balaban J connectivity index is 3.48. The molecule has 0 unspecified atom stereocenters. The second-order valence-electron chi connectivity index (χ2n) is 3.42. The topological polar surface area (TPSA) is 17.1 Å². The van der Waals surface area contributed by atoms with Crippen molar-refractivity contribution in [2.45, 2.75) is 17.2 Å². The van der Waals surface area contributed by atoms with Crippen LogP contribution in [0, 0.1) is 0 Å². The molecule has 0 saturated carbocycles. The number of Topliss-reactive ketones (excluding diaryl/α,β-unsaturated/α-hetero) is 1. The van der Waals surface area contributed by atoms with Crippen LogP contribution < -0.4 is 0 Å². The fourth-order valence-electron chi connectivity index (χ4n) is 1.29. The van der Waals surface area contributed by atoms with Crippen LogP contribution in [0.1, 0.15) is 21.5 Å². The summed E-state index contributed by atoms with van der Waals surface area (Å²) in [5.41, 5.74) is -4.12. The summed E-state index contributed by atoms with van der Waals surface area (Å²) in [5.74, 6) is -1.44. The summed E-state index contributed by atoms with van der Waals surface area (Å²) in [4.78, 5) is 9.48. The Kier molecular flexibility index (Phi) is 4.41. The predicted octanol–water partition coefficient (Wildman–Crippen LogP) is 4.71. The molecule has 0 fully saturated rings. The maximum absolute atomic E-state index is 12.6. The normalized spacial score (nSPS) is 12.9. The molecule has 9 heteroatoms. The van der Waals surface area contributed by atoms with Crippen LogP contribution in [0.15, 0.2) is 18.2 Å². The molecule has 106 valence electrons. The largest absolute Gasteiger partial charge is 0.417 e.